The quantitative estimate of drug-likeness (QED) is 0.851. The van der Waals surface area contributed by atoms with Crippen LogP contribution >= 0.6 is 11.6 Å². The van der Waals surface area contributed by atoms with Crippen molar-refractivity contribution in [2.75, 3.05) is 25.5 Å². The molecule has 0 radical (unpaired) electrons. The summed E-state index contributed by atoms with van der Waals surface area (Å²) in [6.07, 6.45) is 2.86. The molecule has 0 unspecified atom stereocenters. The first-order chi connectivity index (χ1) is 10.8. The molecule has 1 aromatic heterocycles. The molecule has 1 aliphatic rings. The second-order valence-corrected chi connectivity index (χ2v) is 6.78. The van der Waals surface area contributed by atoms with Crippen LogP contribution in [0, 0.1) is 0 Å². The molecule has 1 fully saturated rings. The fraction of sp³-hybridized carbons (Fsp3) is 0.667. The molecule has 23 heavy (non-hydrogen) atoms. The summed E-state index contributed by atoms with van der Waals surface area (Å²) in [5.74, 6) is 1.12. The van der Waals surface area contributed by atoms with Gasteiger partial charge in [0.25, 0.3) is 0 Å². The molecular formula is C15H23ClN4O3. The lowest BCUT2D eigenvalue weighted by Gasteiger charge is -2.34. The molecule has 2 rings (SSSR count). The lowest BCUT2D eigenvalue weighted by atomic mass is 10.1. The number of carbonyl (C=O) groups is 1. The smallest absolute Gasteiger partial charge is 0.410 e. The van der Waals surface area contributed by atoms with Gasteiger partial charge in [-0.3, -0.25) is 0 Å². The highest BCUT2D eigenvalue weighted by Gasteiger charge is 2.27. The minimum Gasteiger partial charge on any atom is -0.491 e. The zero-order valence-electron chi connectivity index (χ0n) is 13.9. The van der Waals surface area contributed by atoms with E-state index in [4.69, 9.17) is 21.1 Å². The van der Waals surface area contributed by atoms with Crippen molar-refractivity contribution in [2.45, 2.75) is 45.3 Å². The van der Waals surface area contributed by atoms with Gasteiger partial charge < -0.3 is 19.7 Å². The summed E-state index contributed by atoms with van der Waals surface area (Å²) >= 11 is 5.83. The predicted octanol–water partition coefficient (Wildman–Crippen LogP) is 2.95. The van der Waals surface area contributed by atoms with Crippen molar-refractivity contribution < 1.29 is 14.3 Å². The van der Waals surface area contributed by atoms with E-state index in [1.54, 1.807) is 12.0 Å². The van der Waals surface area contributed by atoms with Gasteiger partial charge in [-0.05, 0) is 45.2 Å². The number of ether oxygens (including phenoxy) is 2. The molecule has 0 bridgehead atoms. The molecule has 0 aliphatic carbocycles. The van der Waals surface area contributed by atoms with E-state index in [1.165, 1.54) is 6.20 Å². The highest BCUT2D eigenvalue weighted by Crippen LogP contribution is 2.25. The fourth-order valence-corrected chi connectivity index (χ4v) is 2.46. The third kappa shape index (κ3) is 5.13. The summed E-state index contributed by atoms with van der Waals surface area (Å²) in [6.45, 7) is 6.86. The molecule has 2 heterocycles. The van der Waals surface area contributed by atoms with Gasteiger partial charge in [-0.2, -0.15) is 4.98 Å². The Labute approximate surface area is 141 Å². The Balaban J connectivity index is 1.90. The maximum absolute atomic E-state index is 12.0. The van der Waals surface area contributed by atoms with Gasteiger partial charge in [0.15, 0.2) is 11.6 Å². The number of carbonyl (C=O) groups excluding carboxylic acids is 1. The topological polar surface area (TPSA) is 76.6 Å². The Hall–Kier alpha value is -1.76. The van der Waals surface area contributed by atoms with Crippen molar-refractivity contribution in [3.05, 3.63) is 11.5 Å². The number of piperidine rings is 1. The summed E-state index contributed by atoms with van der Waals surface area (Å²) in [5, 5.41) is 3.48. The molecule has 1 aromatic rings. The van der Waals surface area contributed by atoms with Gasteiger partial charge in [-0.25, -0.2) is 9.78 Å². The van der Waals surface area contributed by atoms with Crippen LogP contribution in [0.4, 0.5) is 10.6 Å². The van der Waals surface area contributed by atoms with E-state index in [0.29, 0.717) is 24.7 Å². The molecule has 0 aromatic carbocycles. The van der Waals surface area contributed by atoms with Gasteiger partial charge in [0.1, 0.15) is 5.60 Å². The minimum atomic E-state index is -0.475. The van der Waals surface area contributed by atoms with E-state index in [0.717, 1.165) is 12.8 Å². The molecule has 1 aliphatic heterocycles. The SMILES string of the molecule is COc1cnc(Cl)nc1NC1CCN(C(=O)OC(C)(C)C)CC1. The summed E-state index contributed by atoms with van der Waals surface area (Å²) < 4.78 is 10.6. The summed E-state index contributed by atoms with van der Waals surface area (Å²) in [5.41, 5.74) is -0.475. The molecule has 0 spiro atoms. The number of hydrogen-bond acceptors (Lipinski definition) is 6. The Morgan fingerprint density at radius 2 is 2.04 bits per heavy atom. The number of anilines is 1. The van der Waals surface area contributed by atoms with Gasteiger partial charge >= 0.3 is 6.09 Å². The molecule has 0 atom stereocenters. The maximum atomic E-state index is 12.0. The van der Waals surface area contributed by atoms with Crippen molar-refractivity contribution in [3.8, 4) is 5.75 Å². The lowest BCUT2D eigenvalue weighted by molar-refractivity contribution is 0.0210. The molecule has 8 heteroatoms. The standard InChI is InChI=1S/C15H23ClN4O3/c1-15(2,3)23-14(21)20-7-5-10(6-8-20)18-12-11(22-4)9-17-13(16)19-12/h9-10H,5-8H2,1-4H3,(H,17,18,19). The number of methoxy groups -OCH3 is 1. The summed E-state index contributed by atoms with van der Waals surface area (Å²) in [4.78, 5) is 21.8. The maximum Gasteiger partial charge on any atom is 0.410 e. The van der Waals surface area contributed by atoms with E-state index in [1.807, 2.05) is 20.8 Å². The molecular weight excluding hydrogens is 320 g/mol. The lowest BCUT2D eigenvalue weighted by Crippen LogP contribution is -2.44. The van der Waals surface area contributed by atoms with Gasteiger partial charge in [-0.15, -0.1) is 0 Å². The van der Waals surface area contributed by atoms with Crippen LogP contribution in [0.25, 0.3) is 0 Å². The predicted molar refractivity (Wildman–Crippen MR) is 88.0 cm³/mol. The van der Waals surface area contributed by atoms with Gasteiger partial charge in [-0.1, -0.05) is 0 Å². The Bertz CT molecular complexity index is 554. The second kappa shape index (κ2) is 7.21. The average molecular weight is 343 g/mol. The second-order valence-electron chi connectivity index (χ2n) is 6.44. The van der Waals surface area contributed by atoms with Crippen molar-refractivity contribution in [2.24, 2.45) is 0 Å². The third-order valence-electron chi connectivity index (χ3n) is 3.43. The van der Waals surface area contributed by atoms with E-state index >= 15 is 0 Å². The number of nitrogens with zero attached hydrogens (tertiary/aromatic N) is 3. The zero-order valence-corrected chi connectivity index (χ0v) is 14.7. The first kappa shape index (κ1) is 17.6. The molecule has 0 saturated carbocycles. The number of hydrogen-bond donors (Lipinski definition) is 1. The molecule has 1 saturated heterocycles. The van der Waals surface area contributed by atoms with Crippen LogP contribution in [0.3, 0.4) is 0 Å². The van der Waals surface area contributed by atoms with Crippen molar-refractivity contribution in [3.63, 3.8) is 0 Å². The number of nitrogens with one attached hydrogen (secondary N) is 1. The van der Waals surface area contributed by atoms with Crippen LogP contribution < -0.4 is 10.1 Å². The van der Waals surface area contributed by atoms with Crippen LogP contribution in [0.2, 0.25) is 5.28 Å². The van der Waals surface area contributed by atoms with Crippen molar-refractivity contribution >= 4 is 23.5 Å². The van der Waals surface area contributed by atoms with Crippen molar-refractivity contribution in [1.82, 2.24) is 14.9 Å². The Morgan fingerprint density at radius 3 is 2.61 bits per heavy atom. The zero-order chi connectivity index (χ0) is 17.0. The third-order valence-corrected chi connectivity index (χ3v) is 3.62. The molecule has 1 N–H and O–H groups in total. The summed E-state index contributed by atoms with van der Waals surface area (Å²) in [6, 6.07) is 0.188. The molecule has 1 amide bonds. The van der Waals surface area contributed by atoms with E-state index in [-0.39, 0.29) is 17.4 Å². The van der Waals surface area contributed by atoms with Crippen LogP contribution in [0.5, 0.6) is 5.75 Å². The number of amides is 1. The van der Waals surface area contributed by atoms with Crippen LogP contribution in [-0.4, -0.2) is 52.8 Å². The van der Waals surface area contributed by atoms with E-state index < -0.39 is 5.60 Å². The number of rotatable bonds is 3. The first-order valence-corrected chi connectivity index (χ1v) is 7.97. The minimum absolute atomic E-state index is 0.166. The van der Waals surface area contributed by atoms with Crippen molar-refractivity contribution in [1.29, 1.82) is 0 Å². The normalized spacial score (nSPS) is 16.1. The van der Waals surface area contributed by atoms with Crippen LogP contribution in [0.1, 0.15) is 33.6 Å². The van der Waals surface area contributed by atoms with Gasteiger partial charge in [0.2, 0.25) is 5.28 Å². The number of likely N-dealkylation sites (tertiary alicyclic amines) is 1. The fourth-order valence-electron chi connectivity index (χ4n) is 2.33. The number of halogens is 1. The monoisotopic (exact) mass is 342 g/mol. The van der Waals surface area contributed by atoms with Crippen LogP contribution in [0.15, 0.2) is 6.20 Å². The van der Waals surface area contributed by atoms with Crippen LogP contribution in [-0.2, 0) is 4.74 Å². The molecule has 7 nitrogen and oxygen atoms in total. The van der Waals surface area contributed by atoms with Gasteiger partial charge in [0, 0.05) is 19.1 Å². The first-order valence-electron chi connectivity index (χ1n) is 7.59. The number of aromatic nitrogens is 2. The van der Waals surface area contributed by atoms with E-state index in [2.05, 4.69) is 15.3 Å². The van der Waals surface area contributed by atoms with E-state index in [9.17, 15) is 4.79 Å². The van der Waals surface area contributed by atoms with Gasteiger partial charge in [0.05, 0.1) is 13.3 Å². The Morgan fingerprint density at radius 1 is 1.39 bits per heavy atom. The average Bonchev–Trinajstić information content (AvgIpc) is 2.46. The summed E-state index contributed by atoms with van der Waals surface area (Å²) in [7, 11) is 1.56. The Kier molecular flexibility index (Phi) is 5.51. The largest absolute Gasteiger partial charge is 0.491 e. The highest BCUT2D eigenvalue weighted by molar-refractivity contribution is 6.28. The molecule has 128 valence electrons. The highest BCUT2D eigenvalue weighted by atomic mass is 35.5.